The van der Waals surface area contributed by atoms with Crippen molar-refractivity contribution in [2.24, 2.45) is 5.73 Å². The van der Waals surface area contributed by atoms with Gasteiger partial charge in [0.25, 0.3) is 11.8 Å². The fourth-order valence-electron chi connectivity index (χ4n) is 4.68. The Bertz CT molecular complexity index is 1360. The molecule has 0 aliphatic heterocycles. The SMILES string of the molecule is COc1ccc(N(C(=O)c2snc(C(N)=O)c2N)[C@@H](C(=O)NC2CCCCC2)c2ccc(F)cc2)c(OC)c1. The highest BCUT2D eigenvalue weighted by molar-refractivity contribution is 7.09. The second-order valence-electron chi connectivity index (χ2n) is 9.15. The van der Waals surface area contributed by atoms with Crippen LogP contribution in [0.3, 0.4) is 0 Å². The first-order chi connectivity index (χ1) is 18.7. The number of hydrogen-bond donors (Lipinski definition) is 3. The lowest BCUT2D eigenvalue weighted by Crippen LogP contribution is -2.47. The number of methoxy groups -OCH3 is 2. The van der Waals surface area contributed by atoms with Gasteiger partial charge in [-0.3, -0.25) is 19.3 Å². The summed E-state index contributed by atoms with van der Waals surface area (Å²) in [4.78, 5) is 41.2. The second kappa shape index (κ2) is 12.1. The van der Waals surface area contributed by atoms with Gasteiger partial charge in [-0.15, -0.1) is 0 Å². The summed E-state index contributed by atoms with van der Waals surface area (Å²) in [6.07, 6.45) is 4.67. The minimum atomic E-state index is -1.25. The number of nitrogen functional groups attached to an aromatic ring is 1. The number of hydrogen-bond acceptors (Lipinski definition) is 8. The Morgan fingerprint density at radius 1 is 1.08 bits per heavy atom. The molecule has 1 saturated carbocycles. The van der Waals surface area contributed by atoms with Gasteiger partial charge in [0.2, 0.25) is 5.91 Å². The Kier molecular flexibility index (Phi) is 8.65. The van der Waals surface area contributed by atoms with Gasteiger partial charge in [-0.25, -0.2) is 4.39 Å². The topological polar surface area (TPSA) is 150 Å². The minimum absolute atomic E-state index is 0.0705. The van der Waals surface area contributed by atoms with Crippen molar-refractivity contribution in [3.8, 4) is 11.5 Å². The van der Waals surface area contributed by atoms with Crippen molar-refractivity contribution in [3.05, 3.63) is 64.4 Å². The second-order valence-corrected chi connectivity index (χ2v) is 9.92. The molecular weight excluding hydrogens is 525 g/mol. The van der Waals surface area contributed by atoms with E-state index in [1.807, 2.05) is 0 Å². The van der Waals surface area contributed by atoms with Crippen LogP contribution in [0.25, 0.3) is 0 Å². The normalized spacial score (nSPS) is 14.3. The number of amides is 3. The molecule has 0 unspecified atom stereocenters. The van der Waals surface area contributed by atoms with Gasteiger partial charge in [0.05, 0.1) is 25.6 Å². The third-order valence-electron chi connectivity index (χ3n) is 6.66. The predicted octanol–water partition coefficient (Wildman–Crippen LogP) is 3.82. The van der Waals surface area contributed by atoms with Gasteiger partial charge in [0.1, 0.15) is 28.2 Å². The van der Waals surface area contributed by atoms with Crippen LogP contribution in [0.2, 0.25) is 0 Å². The molecule has 3 aromatic rings. The molecule has 1 aromatic heterocycles. The standard InChI is InChI=1S/C27H30FN5O5S/c1-37-18-12-13-19(20(14-18)38-2)33(27(36)24-21(29)22(25(30)34)32-39-24)23(15-8-10-16(28)11-9-15)26(35)31-17-6-4-3-5-7-17/h8-14,17,23H,3-7,29H2,1-2H3,(H2,30,34)(H,31,35)/t23-/m1/s1. The van der Waals surface area contributed by atoms with E-state index in [1.54, 1.807) is 18.2 Å². The van der Waals surface area contributed by atoms with Gasteiger partial charge in [0, 0.05) is 12.1 Å². The number of carbonyl (C=O) groups excluding carboxylic acids is 3. The molecule has 39 heavy (non-hydrogen) atoms. The van der Waals surface area contributed by atoms with E-state index >= 15 is 0 Å². The number of carbonyl (C=O) groups is 3. The van der Waals surface area contributed by atoms with E-state index in [0.29, 0.717) is 22.8 Å². The van der Waals surface area contributed by atoms with Crippen molar-refractivity contribution in [3.63, 3.8) is 0 Å². The largest absolute Gasteiger partial charge is 0.497 e. The lowest BCUT2D eigenvalue weighted by Gasteiger charge is -2.34. The van der Waals surface area contributed by atoms with Crippen LogP contribution in [0.1, 0.15) is 63.9 Å². The van der Waals surface area contributed by atoms with Gasteiger partial charge in [-0.2, -0.15) is 4.37 Å². The Morgan fingerprint density at radius 2 is 1.77 bits per heavy atom. The maximum absolute atomic E-state index is 14.2. The monoisotopic (exact) mass is 555 g/mol. The molecule has 5 N–H and O–H groups in total. The number of nitrogens with one attached hydrogen (secondary N) is 1. The number of anilines is 2. The molecule has 0 bridgehead atoms. The van der Waals surface area contributed by atoms with Crippen molar-refractivity contribution in [2.45, 2.75) is 44.2 Å². The molecule has 206 valence electrons. The van der Waals surface area contributed by atoms with E-state index in [-0.39, 0.29) is 33.7 Å². The van der Waals surface area contributed by atoms with Crippen LogP contribution >= 0.6 is 11.5 Å². The molecule has 2 aromatic carbocycles. The van der Waals surface area contributed by atoms with E-state index in [1.165, 1.54) is 43.4 Å². The molecule has 1 aliphatic carbocycles. The smallest absolute Gasteiger partial charge is 0.273 e. The third-order valence-corrected chi connectivity index (χ3v) is 7.52. The average Bonchev–Trinajstić information content (AvgIpc) is 3.33. The molecule has 1 aliphatic rings. The summed E-state index contributed by atoms with van der Waals surface area (Å²) in [6.45, 7) is 0. The van der Waals surface area contributed by atoms with Crippen LogP contribution < -0.4 is 31.2 Å². The van der Waals surface area contributed by atoms with E-state index < -0.39 is 29.6 Å². The summed E-state index contributed by atoms with van der Waals surface area (Å²) in [6, 6.07) is 8.77. The summed E-state index contributed by atoms with van der Waals surface area (Å²) >= 11 is 0.695. The van der Waals surface area contributed by atoms with Crippen molar-refractivity contribution in [2.75, 3.05) is 24.9 Å². The average molecular weight is 556 g/mol. The van der Waals surface area contributed by atoms with Crippen LogP contribution in [0.4, 0.5) is 15.8 Å². The summed E-state index contributed by atoms with van der Waals surface area (Å²) in [7, 11) is 2.90. The van der Waals surface area contributed by atoms with Crippen molar-refractivity contribution >= 4 is 40.6 Å². The Labute approximate surface area is 229 Å². The highest BCUT2D eigenvalue weighted by Gasteiger charge is 2.38. The number of primary amides is 1. The molecule has 3 amide bonds. The van der Waals surface area contributed by atoms with Gasteiger partial charge in [-0.05, 0) is 54.2 Å². The van der Waals surface area contributed by atoms with E-state index in [0.717, 1.165) is 32.1 Å². The zero-order valence-electron chi connectivity index (χ0n) is 21.6. The Morgan fingerprint density at radius 3 is 2.36 bits per heavy atom. The fourth-order valence-corrected chi connectivity index (χ4v) is 5.42. The quantitative estimate of drug-likeness (QED) is 0.363. The van der Waals surface area contributed by atoms with Gasteiger partial charge in [-0.1, -0.05) is 31.4 Å². The first-order valence-electron chi connectivity index (χ1n) is 12.4. The van der Waals surface area contributed by atoms with E-state index in [2.05, 4.69) is 9.69 Å². The van der Waals surface area contributed by atoms with Crippen molar-refractivity contribution < 1.29 is 28.2 Å². The molecule has 12 heteroatoms. The van der Waals surface area contributed by atoms with Crippen LogP contribution in [0.15, 0.2) is 42.5 Å². The summed E-state index contributed by atoms with van der Waals surface area (Å²) in [5.74, 6) is -1.86. The van der Waals surface area contributed by atoms with Crippen LogP contribution in [0.5, 0.6) is 11.5 Å². The number of nitrogens with two attached hydrogens (primary N) is 2. The van der Waals surface area contributed by atoms with Crippen LogP contribution in [-0.2, 0) is 4.79 Å². The molecular formula is C27H30FN5O5S. The van der Waals surface area contributed by atoms with Gasteiger partial charge in [0.15, 0.2) is 5.69 Å². The molecule has 1 fully saturated rings. The highest BCUT2D eigenvalue weighted by atomic mass is 32.1. The Balaban J connectivity index is 1.90. The van der Waals surface area contributed by atoms with Crippen molar-refractivity contribution in [1.82, 2.24) is 9.69 Å². The van der Waals surface area contributed by atoms with Gasteiger partial charge < -0.3 is 26.3 Å². The van der Waals surface area contributed by atoms with Crippen molar-refractivity contribution in [1.29, 1.82) is 0 Å². The maximum Gasteiger partial charge on any atom is 0.273 e. The number of nitrogens with zero attached hydrogens (tertiary/aromatic N) is 2. The summed E-state index contributed by atoms with van der Waals surface area (Å²) in [5.41, 5.74) is 11.6. The summed E-state index contributed by atoms with van der Waals surface area (Å²) < 4.78 is 28.8. The first-order valence-corrected chi connectivity index (χ1v) is 13.2. The Hall–Kier alpha value is -4.19. The summed E-state index contributed by atoms with van der Waals surface area (Å²) in [5, 5.41) is 3.08. The molecule has 0 spiro atoms. The van der Waals surface area contributed by atoms with E-state index in [4.69, 9.17) is 20.9 Å². The van der Waals surface area contributed by atoms with Gasteiger partial charge >= 0.3 is 0 Å². The van der Waals surface area contributed by atoms with Crippen LogP contribution in [-0.4, -0.2) is 42.4 Å². The zero-order chi connectivity index (χ0) is 28.1. The fraction of sp³-hybridized carbons (Fsp3) is 0.333. The highest BCUT2D eigenvalue weighted by Crippen LogP contribution is 2.40. The molecule has 0 radical (unpaired) electrons. The predicted molar refractivity (Wildman–Crippen MR) is 146 cm³/mol. The number of aromatic nitrogens is 1. The molecule has 0 saturated heterocycles. The molecule has 1 heterocycles. The molecule has 10 nitrogen and oxygen atoms in total. The first kappa shape index (κ1) is 27.8. The number of rotatable bonds is 9. The molecule has 1 atom stereocenters. The molecule has 4 rings (SSSR count). The maximum atomic E-state index is 14.2. The number of ether oxygens (including phenoxy) is 2. The number of halogens is 1. The minimum Gasteiger partial charge on any atom is -0.497 e. The lowest BCUT2D eigenvalue weighted by atomic mass is 9.94. The van der Waals surface area contributed by atoms with E-state index in [9.17, 15) is 18.8 Å². The third kappa shape index (κ3) is 5.95. The number of benzene rings is 2. The van der Waals surface area contributed by atoms with Crippen LogP contribution in [0, 0.1) is 5.82 Å². The lowest BCUT2D eigenvalue weighted by molar-refractivity contribution is -0.123. The zero-order valence-corrected chi connectivity index (χ0v) is 22.4.